The van der Waals surface area contributed by atoms with Crippen LogP contribution in [0.25, 0.3) is 10.9 Å². The number of amides is 1. The Bertz CT molecular complexity index is 1400. The van der Waals surface area contributed by atoms with E-state index in [-0.39, 0.29) is 18.0 Å². The molecule has 0 radical (unpaired) electrons. The number of carbonyl (C=O) groups excluding carboxylic acids is 1. The Morgan fingerprint density at radius 1 is 0.889 bits per heavy atom. The molecule has 186 valence electrons. The number of hydrogen-bond acceptors (Lipinski definition) is 6. The van der Waals surface area contributed by atoms with Gasteiger partial charge in [-0.05, 0) is 55.5 Å². The lowest BCUT2D eigenvalue weighted by atomic mass is 10.1. The van der Waals surface area contributed by atoms with Crippen molar-refractivity contribution in [1.82, 2.24) is 4.57 Å². The first-order valence-electron chi connectivity index (χ1n) is 11.6. The maximum Gasteiger partial charge on any atom is 0.256 e. The number of nitrogens with zero attached hydrogens (tertiary/aromatic N) is 1. The largest absolute Gasteiger partial charge is 0.494 e. The highest BCUT2D eigenvalue weighted by atomic mass is 16.5. The van der Waals surface area contributed by atoms with Gasteiger partial charge in [-0.25, -0.2) is 0 Å². The molecule has 1 heterocycles. The van der Waals surface area contributed by atoms with Crippen LogP contribution in [0.1, 0.15) is 12.5 Å². The summed E-state index contributed by atoms with van der Waals surface area (Å²) in [7, 11) is 3.09. The molecule has 0 bridgehead atoms. The minimum absolute atomic E-state index is 0.169. The zero-order chi connectivity index (χ0) is 25.5. The second-order valence-corrected chi connectivity index (χ2v) is 8.05. The number of benzene rings is 3. The first kappa shape index (κ1) is 24.7. The quantitative estimate of drug-likeness (QED) is 0.338. The average molecular weight is 488 g/mol. The molecule has 0 saturated heterocycles. The van der Waals surface area contributed by atoms with E-state index < -0.39 is 0 Å². The van der Waals surface area contributed by atoms with E-state index >= 15 is 0 Å². The van der Waals surface area contributed by atoms with Gasteiger partial charge in [-0.3, -0.25) is 14.2 Å². The van der Waals surface area contributed by atoms with Crippen LogP contribution in [0.3, 0.4) is 0 Å². The van der Waals surface area contributed by atoms with Gasteiger partial charge in [-0.1, -0.05) is 18.2 Å². The molecule has 0 aliphatic carbocycles. The maximum absolute atomic E-state index is 13.5. The molecule has 4 rings (SSSR count). The molecule has 0 saturated carbocycles. The Balaban J connectivity index is 1.68. The second-order valence-electron chi connectivity index (χ2n) is 8.05. The summed E-state index contributed by atoms with van der Waals surface area (Å²) in [5.41, 5.74) is 2.33. The molecule has 1 aromatic heterocycles. The number of fused-ring (bicyclic) bond motifs is 1. The van der Waals surface area contributed by atoms with Crippen molar-refractivity contribution >= 4 is 28.2 Å². The van der Waals surface area contributed by atoms with Gasteiger partial charge in [-0.15, -0.1) is 0 Å². The van der Waals surface area contributed by atoms with E-state index in [1.807, 2.05) is 43.3 Å². The van der Waals surface area contributed by atoms with E-state index in [0.29, 0.717) is 41.4 Å². The third-order valence-electron chi connectivity index (χ3n) is 5.68. The molecule has 0 aliphatic heterocycles. The molecule has 8 nitrogen and oxygen atoms in total. The number of carbonyl (C=O) groups is 1. The van der Waals surface area contributed by atoms with Crippen LogP contribution in [-0.2, 0) is 17.9 Å². The zero-order valence-corrected chi connectivity index (χ0v) is 20.5. The summed E-state index contributed by atoms with van der Waals surface area (Å²) in [6.07, 6.45) is 0. The highest BCUT2D eigenvalue weighted by molar-refractivity contribution is 5.92. The van der Waals surface area contributed by atoms with Crippen LogP contribution in [0.4, 0.5) is 11.4 Å². The van der Waals surface area contributed by atoms with Gasteiger partial charge in [0.2, 0.25) is 5.91 Å². The highest BCUT2D eigenvalue weighted by Crippen LogP contribution is 2.32. The number of methoxy groups -OCH3 is 2. The van der Waals surface area contributed by atoms with Crippen molar-refractivity contribution in [3.63, 3.8) is 0 Å². The van der Waals surface area contributed by atoms with E-state index in [4.69, 9.17) is 14.2 Å². The molecule has 8 heteroatoms. The topological polar surface area (TPSA) is 90.8 Å². The van der Waals surface area contributed by atoms with E-state index in [1.54, 1.807) is 43.5 Å². The first-order valence-corrected chi connectivity index (χ1v) is 11.6. The summed E-state index contributed by atoms with van der Waals surface area (Å²) in [6, 6.07) is 22.1. The monoisotopic (exact) mass is 487 g/mol. The van der Waals surface area contributed by atoms with Crippen LogP contribution in [-0.4, -0.2) is 31.3 Å². The van der Waals surface area contributed by atoms with Crippen LogP contribution in [0, 0.1) is 0 Å². The third-order valence-corrected chi connectivity index (χ3v) is 5.68. The lowest BCUT2D eigenvalue weighted by Crippen LogP contribution is -2.30. The van der Waals surface area contributed by atoms with E-state index in [0.717, 1.165) is 16.8 Å². The van der Waals surface area contributed by atoms with Crippen LogP contribution < -0.4 is 30.4 Å². The number of para-hydroxylation sites is 1. The Labute approximate surface area is 209 Å². The van der Waals surface area contributed by atoms with E-state index in [2.05, 4.69) is 10.6 Å². The van der Waals surface area contributed by atoms with Gasteiger partial charge >= 0.3 is 0 Å². The van der Waals surface area contributed by atoms with Gasteiger partial charge < -0.3 is 24.8 Å². The maximum atomic E-state index is 13.5. The Morgan fingerprint density at radius 3 is 2.25 bits per heavy atom. The van der Waals surface area contributed by atoms with Crippen LogP contribution in [0.2, 0.25) is 0 Å². The second kappa shape index (κ2) is 11.3. The van der Waals surface area contributed by atoms with Crippen molar-refractivity contribution in [3.05, 3.63) is 88.7 Å². The molecule has 4 aromatic rings. The van der Waals surface area contributed by atoms with E-state index in [1.165, 1.54) is 11.7 Å². The van der Waals surface area contributed by atoms with Gasteiger partial charge in [0.15, 0.2) is 11.5 Å². The van der Waals surface area contributed by atoms with Crippen LogP contribution in [0.5, 0.6) is 17.2 Å². The number of anilines is 2. The third kappa shape index (κ3) is 5.60. The number of ether oxygens (including phenoxy) is 3. The van der Waals surface area contributed by atoms with Crippen molar-refractivity contribution in [2.45, 2.75) is 20.0 Å². The molecule has 0 aliphatic rings. The average Bonchev–Trinajstić information content (AvgIpc) is 2.90. The van der Waals surface area contributed by atoms with Crippen LogP contribution in [0.15, 0.2) is 77.6 Å². The van der Waals surface area contributed by atoms with Gasteiger partial charge in [-0.2, -0.15) is 0 Å². The molecule has 0 spiro atoms. The summed E-state index contributed by atoms with van der Waals surface area (Å²) in [5, 5.41) is 6.88. The smallest absolute Gasteiger partial charge is 0.256 e. The lowest BCUT2D eigenvalue weighted by molar-refractivity contribution is -0.116. The molecule has 2 N–H and O–H groups in total. The lowest BCUT2D eigenvalue weighted by Gasteiger charge is -2.16. The number of rotatable bonds is 10. The fourth-order valence-electron chi connectivity index (χ4n) is 3.95. The first-order chi connectivity index (χ1) is 17.5. The Kier molecular flexibility index (Phi) is 7.75. The fraction of sp³-hybridized carbons (Fsp3) is 0.214. The normalized spacial score (nSPS) is 10.6. The van der Waals surface area contributed by atoms with Crippen molar-refractivity contribution in [3.8, 4) is 17.2 Å². The predicted octanol–water partition coefficient (Wildman–Crippen LogP) is 4.67. The van der Waals surface area contributed by atoms with Crippen molar-refractivity contribution in [1.29, 1.82) is 0 Å². The predicted molar refractivity (Wildman–Crippen MR) is 141 cm³/mol. The molecular formula is C28H29N3O5. The minimum atomic E-state index is -0.328. The van der Waals surface area contributed by atoms with Crippen molar-refractivity contribution in [2.75, 3.05) is 31.5 Å². The van der Waals surface area contributed by atoms with Gasteiger partial charge in [0.05, 0.1) is 26.3 Å². The number of nitrogens with one attached hydrogen (secondary N) is 2. The SMILES string of the molecule is CCOc1ccc(NC(=O)Cn2c(=O)c(CNc3ccccc3)cc3cc(OC)c(OC)cc32)cc1. The van der Waals surface area contributed by atoms with Gasteiger partial charge in [0.25, 0.3) is 5.56 Å². The Hall–Kier alpha value is -4.46. The minimum Gasteiger partial charge on any atom is -0.494 e. The summed E-state index contributed by atoms with van der Waals surface area (Å²) < 4.78 is 17.8. The summed E-state index contributed by atoms with van der Waals surface area (Å²) in [5.74, 6) is 1.40. The molecule has 0 atom stereocenters. The standard InChI is InChI=1S/C28H29N3O5/c1-4-36-23-12-10-22(11-13-23)30-27(32)18-31-24-16-26(35-3)25(34-2)15-19(24)14-20(28(31)33)17-29-21-8-6-5-7-9-21/h5-16,29H,4,17-18H2,1-3H3,(H,30,32). The Morgan fingerprint density at radius 2 is 1.58 bits per heavy atom. The molecule has 3 aromatic carbocycles. The fourth-order valence-corrected chi connectivity index (χ4v) is 3.95. The van der Waals surface area contributed by atoms with E-state index in [9.17, 15) is 9.59 Å². The van der Waals surface area contributed by atoms with Crippen molar-refractivity contribution in [2.24, 2.45) is 0 Å². The molecule has 0 unspecified atom stereocenters. The summed E-state index contributed by atoms with van der Waals surface area (Å²) in [6.45, 7) is 2.60. The van der Waals surface area contributed by atoms with Gasteiger partial charge in [0, 0.05) is 34.9 Å². The number of aromatic nitrogens is 1. The molecule has 1 amide bonds. The van der Waals surface area contributed by atoms with Gasteiger partial charge in [0.1, 0.15) is 12.3 Å². The van der Waals surface area contributed by atoms with Crippen LogP contribution >= 0.6 is 0 Å². The summed E-state index contributed by atoms with van der Waals surface area (Å²) in [4.78, 5) is 26.5. The molecule has 0 fully saturated rings. The zero-order valence-electron chi connectivity index (χ0n) is 20.5. The summed E-state index contributed by atoms with van der Waals surface area (Å²) >= 11 is 0. The highest BCUT2D eigenvalue weighted by Gasteiger charge is 2.16. The van der Waals surface area contributed by atoms with Crippen molar-refractivity contribution < 1.29 is 19.0 Å². The number of pyridine rings is 1. The molecule has 36 heavy (non-hydrogen) atoms. The number of hydrogen-bond donors (Lipinski definition) is 2. The molecular weight excluding hydrogens is 458 g/mol.